The number of rotatable bonds is 5. The molecule has 4 nitrogen and oxygen atoms in total. The van der Waals surface area contributed by atoms with Gasteiger partial charge in [-0.3, -0.25) is 4.99 Å². The van der Waals surface area contributed by atoms with E-state index < -0.39 is 0 Å². The molecule has 3 N–H and O–H groups in total. The van der Waals surface area contributed by atoms with Crippen LogP contribution in [0.2, 0.25) is 0 Å². The topological polar surface area (TPSA) is 53.6 Å². The van der Waals surface area contributed by atoms with E-state index in [2.05, 4.69) is 29.1 Å². The van der Waals surface area contributed by atoms with E-state index in [1.807, 2.05) is 30.3 Å². The predicted molar refractivity (Wildman–Crippen MR) is 101 cm³/mol. The minimum atomic E-state index is 0. The van der Waals surface area contributed by atoms with Crippen LogP contribution < -0.4 is 11.1 Å². The summed E-state index contributed by atoms with van der Waals surface area (Å²) in [5.41, 5.74) is 6.91. The quantitative estimate of drug-likeness (QED) is 0.452. The highest BCUT2D eigenvalue weighted by atomic mass is 127. The fourth-order valence-electron chi connectivity index (χ4n) is 2.68. The van der Waals surface area contributed by atoms with Gasteiger partial charge in [0.1, 0.15) is 0 Å². The Labute approximate surface area is 145 Å². The molecule has 2 rings (SSSR count). The molecule has 1 aliphatic rings. The number of halogens is 1. The van der Waals surface area contributed by atoms with E-state index >= 15 is 0 Å². The molecule has 1 fully saturated rings. The van der Waals surface area contributed by atoms with Gasteiger partial charge < -0.3 is 16.0 Å². The number of hydrogen-bond donors (Lipinski definition) is 2. The predicted octanol–water partition coefficient (Wildman–Crippen LogP) is 3.01. The lowest BCUT2D eigenvalue weighted by Crippen LogP contribution is -2.26. The summed E-state index contributed by atoms with van der Waals surface area (Å²) < 4.78 is 0. The van der Waals surface area contributed by atoms with E-state index in [-0.39, 0.29) is 24.0 Å². The van der Waals surface area contributed by atoms with Gasteiger partial charge in [-0.1, -0.05) is 32.0 Å². The highest BCUT2D eigenvalue weighted by Gasteiger charge is 2.22. The number of nitrogens with two attached hydrogens (primary N) is 1. The van der Waals surface area contributed by atoms with Crippen LogP contribution in [0.3, 0.4) is 0 Å². The van der Waals surface area contributed by atoms with E-state index in [4.69, 9.17) is 5.73 Å². The van der Waals surface area contributed by atoms with Crippen molar-refractivity contribution in [1.29, 1.82) is 0 Å². The average Bonchev–Trinajstić information content (AvgIpc) is 2.84. The van der Waals surface area contributed by atoms with Gasteiger partial charge in [0.15, 0.2) is 5.96 Å². The van der Waals surface area contributed by atoms with Gasteiger partial charge in [-0.2, -0.15) is 0 Å². The van der Waals surface area contributed by atoms with E-state index in [0.717, 1.165) is 24.7 Å². The molecule has 1 heterocycles. The van der Waals surface area contributed by atoms with Crippen molar-refractivity contribution >= 4 is 35.6 Å². The number of hydrogen-bond acceptors (Lipinski definition) is 2. The van der Waals surface area contributed by atoms with Crippen molar-refractivity contribution in [1.82, 2.24) is 4.90 Å². The highest BCUT2D eigenvalue weighted by molar-refractivity contribution is 14.0. The number of likely N-dealkylation sites (tertiary alicyclic amines) is 1. The summed E-state index contributed by atoms with van der Waals surface area (Å²) in [6.07, 6.45) is 1.23. The number of anilines is 1. The third-order valence-corrected chi connectivity index (χ3v) is 3.56. The fraction of sp³-hybridized carbons (Fsp3) is 0.562. The highest BCUT2D eigenvalue weighted by Crippen LogP contribution is 2.17. The SMILES string of the molecule is CC(C)CN1CCC(CN=C(N)Nc2ccccc2)C1.I. The van der Waals surface area contributed by atoms with Crippen molar-refractivity contribution < 1.29 is 0 Å². The Morgan fingerprint density at radius 2 is 2.10 bits per heavy atom. The van der Waals surface area contributed by atoms with E-state index in [1.54, 1.807) is 0 Å². The standard InChI is InChI=1S/C16H26N4.HI/c1-13(2)11-20-9-8-14(12-20)10-18-16(17)19-15-6-4-3-5-7-15;/h3-7,13-14H,8-12H2,1-2H3,(H3,17,18,19);1H. The molecule has 0 aromatic heterocycles. The summed E-state index contributed by atoms with van der Waals surface area (Å²) in [7, 11) is 0. The summed E-state index contributed by atoms with van der Waals surface area (Å²) in [5, 5.41) is 3.12. The Hall–Kier alpha value is -0.820. The van der Waals surface area contributed by atoms with Gasteiger partial charge in [-0.25, -0.2) is 0 Å². The summed E-state index contributed by atoms with van der Waals surface area (Å²) in [6, 6.07) is 9.93. The maximum atomic E-state index is 5.92. The first-order valence-corrected chi connectivity index (χ1v) is 7.48. The van der Waals surface area contributed by atoms with Crippen molar-refractivity contribution in [2.24, 2.45) is 22.6 Å². The average molecular weight is 402 g/mol. The second-order valence-electron chi connectivity index (χ2n) is 6.03. The van der Waals surface area contributed by atoms with Gasteiger partial charge in [0.2, 0.25) is 0 Å². The van der Waals surface area contributed by atoms with E-state index in [9.17, 15) is 0 Å². The molecule has 1 saturated heterocycles. The number of para-hydroxylation sites is 1. The van der Waals surface area contributed by atoms with Crippen LogP contribution in [0.5, 0.6) is 0 Å². The second kappa shape index (κ2) is 9.25. The molecule has 1 aliphatic heterocycles. The minimum Gasteiger partial charge on any atom is -0.370 e. The fourth-order valence-corrected chi connectivity index (χ4v) is 2.68. The monoisotopic (exact) mass is 402 g/mol. The molecule has 118 valence electrons. The van der Waals surface area contributed by atoms with Crippen molar-refractivity contribution in [3.8, 4) is 0 Å². The largest absolute Gasteiger partial charge is 0.370 e. The lowest BCUT2D eigenvalue weighted by molar-refractivity contribution is 0.288. The Balaban J connectivity index is 0.00000220. The van der Waals surface area contributed by atoms with Crippen LogP contribution in [-0.4, -0.2) is 37.0 Å². The van der Waals surface area contributed by atoms with Gasteiger partial charge in [0, 0.05) is 25.3 Å². The van der Waals surface area contributed by atoms with Crippen molar-refractivity contribution in [3.63, 3.8) is 0 Å². The van der Waals surface area contributed by atoms with Crippen LogP contribution >= 0.6 is 24.0 Å². The Kier molecular flexibility index (Phi) is 8.03. The first-order chi connectivity index (χ1) is 9.63. The zero-order valence-corrected chi connectivity index (χ0v) is 15.3. The Morgan fingerprint density at radius 3 is 2.76 bits per heavy atom. The summed E-state index contributed by atoms with van der Waals surface area (Å²) in [5.74, 6) is 1.89. The molecular weight excluding hydrogens is 375 g/mol. The van der Waals surface area contributed by atoms with Crippen LogP contribution in [0, 0.1) is 11.8 Å². The number of nitrogens with one attached hydrogen (secondary N) is 1. The number of guanidine groups is 1. The van der Waals surface area contributed by atoms with Gasteiger partial charge in [0.05, 0.1) is 0 Å². The lowest BCUT2D eigenvalue weighted by Gasteiger charge is -2.17. The molecule has 1 unspecified atom stereocenters. The molecule has 0 radical (unpaired) electrons. The van der Waals surface area contributed by atoms with Crippen LogP contribution in [0.4, 0.5) is 5.69 Å². The normalized spacial score (nSPS) is 19.6. The van der Waals surface area contributed by atoms with Crippen LogP contribution in [0.1, 0.15) is 20.3 Å². The maximum Gasteiger partial charge on any atom is 0.193 e. The van der Waals surface area contributed by atoms with Crippen LogP contribution in [0.15, 0.2) is 35.3 Å². The van der Waals surface area contributed by atoms with Crippen LogP contribution in [0.25, 0.3) is 0 Å². The van der Waals surface area contributed by atoms with Gasteiger partial charge in [0.25, 0.3) is 0 Å². The Morgan fingerprint density at radius 1 is 1.38 bits per heavy atom. The van der Waals surface area contributed by atoms with Gasteiger partial charge in [-0.15, -0.1) is 24.0 Å². The molecule has 5 heteroatoms. The van der Waals surface area contributed by atoms with Gasteiger partial charge >= 0.3 is 0 Å². The first-order valence-electron chi connectivity index (χ1n) is 7.48. The lowest BCUT2D eigenvalue weighted by atomic mass is 10.1. The number of nitrogens with zero attached hydrogens (tertiary/aromatic N) is 2. The molecule has 0 spiro atoms. The zero-order chi connectivity index (χ0) is 14.4. The molecule has 0 saturated carbocycles. The molecule has 1 atom stereocenters. The van der Waals surface area contributed by atoms with E-state index in [1.165, 1.54) is 19.5 Å². The molecular formula is C16H27IN4. The van der Waals surface area contributed by atoms with Crippen molar-refractivity contribution in [2.75, 3.05) is 31.5 Å². The maximum absolute atomic E-state index is 5.92. The third-order valence-electron chi connectivity index (χ3n) is 3.56. The smallest absolute Gasteiger partial charge is 0.193 e. The first kappa shape index (κ1) is 18.2. The molecule has 0 bridgehead atoms. The minimum absolute atomic E-state index is 0. The second-order valence-corrected chi connectivity index (χ2v) is 6.03. The molecule has 0 amide bonds. The molecule has 21 heavy (non-hydrogen) atoms. The summed E-state index contributed by atoms with van der Waals surface area (Å²) >= 11 is 0. The number of aliphatic imine (C=N–C) groups is 1. The third kappa shape index (κ3) is 6.65. The van der Waals surface area contributed by atoms with Gasteiger partial charge in [-0.05, 0) is 36.9 Å². The Bertz CT molecular complexity index is 433. The van der Waals surface area contributed by atoms with E-state index in [0.29, 0.717) is 11.9 Å². The van der Waals surface area contributed by atoms with Crippen molar-refractivity contribution in [2.45, 2.75) is 20.3 Å². The number of benzene rings is 1. The molecule has 0 aliphatic carbocycles. The zero-order valence-electron chi connectivity index (χ0n) is 13.0. The van der Waals surface area contributed by atoms with Crippen molar-refractivity contribution in [3.05, 3.63) is 30.3 Å². The van der Waals surface area contributed by atoms with Crippen LogP contribution in [-0.2, 0) is 0 Å². The summed E-state index contributed by atoms with van der Waals surface area (Å²) in [6.45, 7) is 8.91. The summed E-state index contributed by atoms with van der Waals surface area (Å²) in [4.78, 5) is 7.01. The molecule has 1 aromatic rings. The molecule has 1 aromatic carbocycles.